The summed E-state index contributed by atoms with van der Waals surface area (Å²) in [7, 11) is 0. The zero-order valence-corrected chi connectivity index (χ0v) is 17.8. The van der Waals surface area contributed by atoms with Gasteiger partial charge in [0, 0.05) is 26.2 Å². The number of aliphatic hydroxyl groups excluding tert-OH is 3. The first-order valence-electron chi connectivity index (χ1n) is 10.5. The standard InChI is InChI=1S/C20H33N3O7/c1-19(2,3)30-18(29)21-9-14(25)16(27)22-7-5-20(8-12(20)10-22)17(28)23-6-4-13(24)15(26)11-23/h12-15,24-26H,4-11H2,1-3H3,(H,21,29)/t12?,13-,14?,15-,20?/m0/s1. The third kappa shape index (κ3) is 4.87. The van der Waals surface area contributed by atoms with Crippen LogP contribution in [0.1, 0.15) is 40.0 Å². The number of fused-ring (bicyclic) bond motifs is 1. The van der Waals surface area contributed by atoms with Crippen molar-refractivity contribution in [3.05, 3.63) is 0 Å². The van der Waals surface area contributed by atoms with Crippen LogP contribution in [0.2, 0.25) is 0 Å². The number of rotatable bonds is 4. The lowest BCUT2D eigenvalue weighted by Gasteiger charge is -2.38. The third-order valence-electron chi connectivity index (χ3n) is 6.20. The highest BCUT2D eigenvalue weighted by Crippen LogP contribution is 2.59. The van der Waals surface area contributed by atoms with Gasteiger partial charge in [-0.05, 0) is 46.0 Å². The van der Waals surface area contributed by atoms with Crippen LogP contribution in [0.15, 0.2) is 0 Å². The van der Waals surface area contributed by atoms with E-state index in [2.05, 4.69) is 5.32 Å². The largest absolute Gasteiger partial charge is 0.444 e. The second-order valence-corrected chi connectivity index (χ2v) is 9.66. The summed E-state index contributed by atoms with van der Waals surface area (Å²) in [5, 5.41) is 32.1. The zero-order chi connectivity index (χ0) is 22.3. The minimum absolute atomic E-state index is 0.0160. The highest BCUT2D eigenvalue weighted by atomic mass is 16.6. The molecular weight excluding hydrogens is 394 g/mol. The fraction of sp³-hybridized carbons (Fsp3) is 0.850. The van der Waals surface area contributed by atoms with E-state index in [0.29, 0.717) is 38.9 Å². The van der Waals surface area contributed by atoms with Crippen LogP contribution in [0, 0.1) is 11.3 Å². The SMILES string of the molecule is CC(C)(C)OC(=O)NCC(O)C(=O)N1CCC2(C(=O)N3CC[C@H](O)[C@@H](O)C3)CC2C1. The Morgan fingerprint density at radius 3 is 2.43 bits per heavy atom. The number of carbonyl (C=O) groups is 3. The molecule has 30 heavy (non-hydrogen) atoms. The van der Waals surface area contributed by atoms with E-state index in [1.165, 1.54) is 0 Å². The summed E-state index contributed by atoms with van der Waals surface area (Å²) in [6, 6.07) is 0. The Labute approximate surface area is 176 Å². The number of β-amino-alcohol motifs (C(OH)–C–C–N with tert-alkyl or cyclic N) is 1. The molecule has 3 fully saturated rings. The molecular formula is C20H33N3O7. The molecule has 5 atom stereocenters. The number of piperidine rings is 2. The lowest BCUT2D eigenvalue weighted by molar-refractivity contribution is -0.149. The van der Waals surface area contributed by atoms with Crippen LogP contribution < -0.4 is 5.32 Å². The summed E-state index contributed by atoms with van der Waals surface area (Å²) in [5.41, 5.74) is -1.17. The number of alkyl carbamates (subject to hydrolysis) is 1. The Hall–Kier alpha value is -1.91. The molecule has 170 valence electrons. The van der Waals surface area contributed by atoms with Crippen molar-refractivity contribution in [1.29, 1.82) is 0 Å². The molecule has 10 heteroatoms. The normalized spacial score (nSPS) is 32.1. The summed E-state index contributed by atoms with van der Waals surface area (Å²) in [6.07, 6.45) is -2.26. The second kappa shape index (κ2) is 8.32. The minimum Gasteiger partial charge on any atom is -0.444 e. The maximum absolute atomic E-state index is 13.0. The molecule has 2 heterocycles. The predicted molar refractivity (Wildman–Crippen MR) is 105 cm³/mol. The number of aliphatic hydroxyl groups is 3. The maximum Gasteiger partial charge on any atom is 0.407 e. The molecule has 0 spiro atoms. The topological polar surface area (TPSA) is 140 Å². The Balaban J connectivity index is 1.47. The molecule has 1 saturated carbocycles. The molecule has 0 aromatic heterocycles. The van der Waals surface area contributed by atoms with Crippen molar-refractivity contribution in [3.63, 3.8) is 0 Å². The van der Waals surface area contributed by atoms with E-state index >= 15 is 0 Å². The Morgan fingerprint density at radius 1 is 1.13 bits per heavy atom. The smallest absolute Gasteiger partial charge is 0.407 e. The van der Waals surface area contributed by atoms with Gasteiger partial charge in [-0.2, -0.15) is 0 Å². The van der Waals surface area contributed by atoms with Gasteiger partial charge in [0.15, 0.2) is 0 Å². The quantitative estimate of drug-likeness (QED) is 0.454. The lowest BCUT2D eigenvalue weighted by atomic mass is 9.91. The van der Waals surface area contributed by atoms with Crippen molar-refractivity contribution in [3.8, 4) is 0 Å². The van der Waals surface area contributed by atoms with Gasteiger partial charge in [-0.15, -0.1) is 0 Å². The van der Waals surface area contributed by atoms with Crippen LogP contribution in [-0.2, 0) is 14.3 Å². The highest BCUT2D eigenvalue weighted by Gasteiger charge is 2.63. The molecule has 3 unspecified atom stereocenters. The van der Waals surface area contributed by atoms with E-state index in [0.717, 1.165) is 0 Å². The van der Waals surface area contributed by atoms with Crippen molar-refractivity contribution >= 4 is 17.9 Å². The maximum atomic E-state index is 13.0. The Bertz CT molecular complexity index is 694. The van der Waals surface area contributed by atoms with Gasteiger partial charge in [-0.3, -0.25) is 9.59 Å². The molecule has 3 aliphatic rings. The van der Waals surface area contributed by atoms with Crippen molar-refractivity contribution in [1.82, 2.24) is 15.1 Å². The molecule has 0 bridgehead atoms. The fourth-order valence-electron chi connectivity index (χ4n) is 4.40. The lowest BCUT2D eigenvalue weighted by Crippen LogP contribution is -2.54. The highest BCUT2D eigenvalue weighted by molar-refractivity contribution is 5.88. The average molecular weight is 427 g/mol. The Kier molecular flexibility index (Phi) is 6.31. The predicted octanol–water partition coefficient (Wildman–Crippen LogP) is -0.935. The molecule has 10 nitrogen and oxygen atoms in total. The number of nitrogens with one attached hydrogen (secondary N) is 1. The molecule has 0 aromatic rings. The van der Waals surface area contributed by atoms with Crippen molar-refractivity contribution < 1.29 is 34.4 Å². The summed E-state index contributed by atoms with van der Waals surface area (Å²) >= 11 is 0. The van der Waals surface area contributed by atoms with E-state index < -0.39 is 41.3 Å². The fourth-order valence-corrected chi connectivity index (χ4v) is 4.40. The van der Waals surface area contributed by atoms with Crippen molar-refractivity contribution in [2.24, 2.45) is 11.3 Å². The number of amides is 3. The van der Waals surface area contributed by atoms with Gasteiger partial charge < -0.3 is 35.2 Å². The van der Waals surface area contributed by atoms with E-state index in [1.807, 2.05) is 0 Å². The van der Waals surface area contributed by atoms with Crippen LogP contribution in [0.5, 0.6) is 0 Å². The van der Waals surface area contributed by atoms with Crippen LogP contribution in [-0.4, -0.2) is 99.7 Å². The van der Waals surface area contributed by atoms with Gasteiger partial charge in [0.05, 0.1) is 24.2 Å². The zero-order valence-electron chi connectivity index (χ0n) is 17.8. The van der Waals surface area contributed by atoms with Crippen molar-refractivity contribution in [2.45, 2.75) is 63.9 Å². The van der Waals surface area contributed by atoms with Gasteiger partial charge in [0.2, 0.25) is 5.91 Å². The summed E-state index contributed by atoms with van der Waals surface area (Å²) in [4.78, 5) is 40.4. The van der Waals surface area contributed by atoms with E-state index in [-0.39, 0.29) is 24.9 Å². The molecule has 3 amide bonds. The molecule has 2 saturated heterocycles. The van der Waals surface area contributed by atoms with Gasteiger partial charge in [0.1, 0.15) is 11.7 Å². The Morgan fingerprint density at radius 2 is 1.83 bits per heavy atom. The average Bonchev–Trinajstić information content (AvgIpc) is 3.40. The summed E-state index contributed by atoms with van der Waals surface area (Å²) in [5.74, 6) is -0.467. The number of hydrogen-bond donors (Lipinski definition) is 4. The summed E-state index contributed by atoms with van der Waals surface area (Å²) in [6.45, 7) is 6.20. The van der Waals surface area contributed by atoms with Crippen LogP contribution in [0.4, 0.5) is 4.79 Å². The van der Waals surface area contributed by atoms with Gasteiger partial charge >= 0.3 is 6.09 Å². The monoisotopic (exact) mass is 427 g/mol. The van der Waals surface area contributed by atoms with Crippen LogP contribution in [0.25, 0.3) is 0 Å². The van der Waals surface area contributed by atoms with Crippen LogP contribution >= 0.6 is 0 Å². The third-order valence-corrected chi connectivity index (χ3v) is 6.20. The minimum atomic E-state index is -1.38. The first-order chi connectivity index (χ1) is 13.9. The number of ether oxygens (including phenoxy) is 1. The number of nitrogens with zero attached hydrogens (tertiary/aromatic N) is 2. The number of likely N-dealkylation sites (tertiary alicyclic amines) is 2. The molecule has 0 aromatic carbocycles. The molecule has 0 radical (unpaired) electrons. The van der Waals surface area contributed by atoms with Crippen molar-refractivity contribution in [2.75, 3.05) is 32.7 Å². The van der Waals surface area contributed by atoms with Gasteiger partial charge in [-0.25, -0.2) is 4.79 Å². The van der Waals surface area contributed by atoms with Crippen LogP contribution in [0.3, 0.4) is 0 Å². The number of hydrogen-bond acceptors (Lipinski definition) is 7. The first kappa shape index (κ1) is 22.8. The van der Waals surface area contributed by atoms with Gasteiger partial charge in [-0.1, -0.05) is 0 Å². The molecule has 3 rings (SSSR count). The van der Waals surface area contributed by atoms with E-state index in [1.54, 1.807) is 30.6 Å². The van der Waals surface area contributed by atoms with E-state index in [4.69, 9.17) is 4.74 Å². The molecule has 1 aliphatic carbocycles. The van der Waals surface area contributed by atoms with Gasteiger partial charge in [0.25, 0.3) is 5.91 Å². The molecule has 2 aliphatic heterocycles. The molecule has 4 N–H and O–H groups in total. The number of carbonyl (C=O) groups excluding carboxylic acids is 3. The summed E-state index contributed by atoms with van der Waals surface area (Å²) < 4.78 is 5.09. The van der Waals surface area contributed by atoms with E-state index in [9.17, 15) is 29.7 Å². The second-order valence-electron chi connectivity index (χ2n) is 9.66. The first-order valence-corrected chi connectivity index (χ1v) is 10.5.